The van der Waals surface area contributed by atoms with Crippen LogP contribution >= 0.6 is 31.9 Å². The van der Waals surface area contributed by atoms with E-state index in [9.17, 15) is 0 Å². The van der Waals surface area contributed by atoms with Crippen LogP contribution in [0, 0.1) is 5.92 Å². The molecule has 0 heterocycles. The first-order chi connectivity index (χ1) is 6.25. The van der Waals surface area contributed by atoms with Crippen molar-refractivity contribution in [3.63, 3.8) is 0 Å². The van der Waals surface area contributed by atoms with Gasteiger partial charge in [0.1, 0.15) is 0 Å². The van der Waals surface area contributed by atoms with Crippen LogP contribution in [0.1, 0.15) is 38.5 Å². The predicted molar refractivity (Wildman–Crippen MR) is 66.3 cm³/mol. The van der Waals surface area contributed by atoms with Crippen molar-refractivity contribution in [3.05, 3.63) is 21.6 Å². The van der Waals surface area contributed by atoms with Crippen molar-refractivity contribution >= 4 is 31.9 Å². The van der Waals surface area contributed by atoms with Crippen LogP contribution in [0.25, 0.3) is 0 Å². The van der Waals surface area contributed by atoms with Crippen LogP contribution in [0.4, 0.5) is 0 Å². The molecule has 0 unspecified atom stereocenters. The lowest BCUT2D eigenvalue weighted by Gasteiger charge is -2.24. The van der Waals surface area contributed by atoms with Crippen LogP contribution in [0.3, 0.4) is 0 Å². The van der Waals surface area contributed by atoms with Crippen molar-refractivity contribution in [3.8, 4) is 0 Å². The highest BCUT2D eigenvalue weighted by Crippen LogP contribution is 2.36. The van der Waals surface area contributed by atoms with E-state index in [-0.39, 0.29) is 0 Å². The molecule has 0 N–H and O–H groups in total. The second-order valence-electron chi connectivity index (χ2n) is 3.61. The Hall–Kier alpha value is 0.440. The van der Waals surface area contributed by atoms with E-state index in [4.69, 9.17) is 0 Å². The molecule has 13 heavy (non-hydrogen) atoms. The first kappa shape index (κ1) is 11.5. The number of allylic oxidation sites excluding steroid dienone is 2. The Balaban J connectivity index is 2.63. The first-order valence-corrected chi connectivity index (χ1v) is 6.49. The molecule has 0 atom stereocenters. The first-order valence-electron chi connectivity index (χ1n) is 4.90. The minimum atomic E-state index is 0.778. The molecule has 0 aliphatic heterocycles. The molecule has 0 bridgehead atoms. The van der Waals surface area contributed by atoms with Gasteiger partial charge < -0.3 is 0 Å². The van der Waals surface area contributed by atoms with Gasteiger partial charge in [0.2, 0.25) is 0 Å². The molecule has 0 aromatic carbocycles. The van der Waals surface area contributed by atoms with Crippen LogP contribution in [-0.4, -0.2) is 0 Å². The molecular weight excluding hydrogens is 292 g/mol. The van der Waals surface area contributed by atoms with Crippen molar-refractivity contribution < 1.29 is 0 Å². The van der Waals surface area contributed by atoms with Crippen molar-refractivity contribution in [2.75, 3.05) is 0 Å². The third-order valence-corrected chi connectivity index (χ3v) is 3.72. The SMILES string of the molecule is C=CCC(=C(Br)Br)C1CCCCC1. The van der Waals surface area contributed by atoms with E-state index >= 15 is 0 Å². The zero-order chi connectivity index (χ0) is 9.68. The maximum absolute atomic E-state index is 3.80. The van der Waals surface area contributed by atoms with Gasteiger partial charge in [-0.2, -0.15) is 0 Å². The van der Waals surface area contributed by atoms with Gasteiger partial charge in [-0.05, 0) is 62.6 Å². The highest BCUT2D eigenvalue weighted by Gasteiger charge is 2.18. The van der Waals surface area contributed by atoms with Gasteiger partial charge in [0.05, 0.1) is 3.39 Å². The normalized spacial score (nSPS) is 18.3. The summed E-state index contributed by atoms with van der Waals surface area (Å²) in [5.74, 6) is 0.778. The average molecular weight is 308 g/mol. The van der Waals surface area contributed by atoms with E-state index in [1.54, 1.807) is 0 Å². The molecule has 2 heteroatoms. The molecule has 1 saturated carbocycles. The van der Waals surface area contributed by atoms with Crippen LogP contribution in [0.5, 0.6) is 0 Å². The summed E-state index contributed by atoms with van der Waals surface area (Å²) in [6.07, 6.45) is 9.89. The topological polar surface area (TPSA) is 0 Å². The smallest absolute Gasteiger partial charge is 0.0602 e. The largest absolute Gasteiger partial charge is 0.103 e. The molecule has 0 nitrogen and oxygen atoms in total. The Bertz CT molecular complexity index is 196. The molecule has 1 fully saturated rings. The minimum absolute atomic E-state index is 0.778. The van der Waals surface area contributed by atoms with Gasteiger partial charge in [-0.15, -0.1) is 6.58 Å². The molecule has 1 aliphatic rings. The van der Waals surface area contributed by atoms with Crippen LogP contribution < -0.4 is 0 Å². The molecule has 0 radical (unpaired) electrons. The summed E-state index contributed by atoms with van der Waals surface area (Å²) in [5.41, 5.74) is 1.50. The summed E-state index contributed by atoms with van der Waals surface area (Å²) in [7, 11) is 0. The zero-order valence-electron chi connectivity index (χ0n) is 7.86. The van der Waals surface area contributed by atoms with E-state index in [2.05, 4.69) is 38.4 Å². The van der Waals surface area contributed by atoms with Crippen molar-refractivity contribution in [2.24, 2.45) is 5.92 Å². The molecule has 0 aromatic heterocycles. The van der Waals surface area contributed by atoms with E-state index < -0.39 is 0 Å². The summed E-state index contributed by atoms with van der Waals surface area (Å²) in [5, 5.41) is 0. The lowest BCUT2D eigenvalue weighted by atomic mass is 9.83. The zero-order valence-corrected chi connectivity index (χ0v) is 11.0. The summed E-state index contributed by atoms with van der Waals surface area (Å²) >= 11 is 7.05. The Kier molecular flexibility index (Phi) is 5.34. The van der Waals surface area contributed by atoms with Gasteiger partial charge in [0.15, 0.2) is 0 Å². The third kappa shape index (κ3) is 3.59. The van der Waals surface area contributed by atoms with E-state index in [1.165, 1.54) is 37.7 Å². The number of rotatable bonds is 3. The highest BCUT2D eigenvalue weighted by atomic mass is 79.9. The Morgan fingerprint density at radius 1 is 1.23 bits per heavy atom. The van der Waals surface area contributed by atoms with Crippen molar-refractivity contribution in [2.45, 2.75) is 38.5 Å². The van der Waals surface area contributed by atoms with Gasteiger partial charge in [0.25, 0.3) is 0 Å². The fraction of sp³-hybridized carbons (Fsp3) is 0.636. The second-order valence-corrected chi connectivity index (χ2v) is 6.26. The van der Waals surface area contributed by atoms with Gasteiger partial charge >= 0.3 is 0 Å². The predicted octanol–water partition coefficient (Wildman–Crippen LogP) is 5.14. The van der Waals surface area contributed by atoms with Gasteiger partial charge in [0, 0.05) is 0 Å². The molecule has 0 amide bonds. The molecular formula is C11H16Br2. The van der Waals surface area contributed by atoms with Crippen molar-refractivity contribution in [1.29, 1.82) is 0 Å². The lowest BCUT2D eigenvalue weighted by molar-refractivity contribution is 0.399. The summed E-state index contributed by atoms with van der Waals surface area (Å²) in [4.78, 5) is 0. The monoisotopic (exact) mass is 306 g/mol. The number of hydrogen-bond acceptors (Lipinski definition) is 0. The molecule has 0 spiro atoms. The summed E-state index contributed by atoms with van der Waals surface area (Å²) in [6.45, 7) is 3.80. The average Bonchev–Trinajstić information content (AvgIpc) is 2.15. The fourth-order valence-corrected chi connectivity index (χ4v) is 2.98. The maximum atomic E-state index is 3.80. The van der Waals surface area contributed by atoms with Gasteiger partial charge in [-0.1, -0.05) is 25.3 Å². The molecule has 1 rings (SSSR count). The van der Waals surface area contributed by atoms with E-state index in [0.717, 1.165) is 15.7 Å². The molecule has 74 valence electrons. The standard InChI is InChI=1S/C11H16Br2/c1-2-6-10(11(12)13)9-7-4-3-5-8-9/h2,9H,1,3-8H2. The summed E-state index contributed by atoms with van der Waals surface area (Å²) < 4.78 is 1.15. The second kappa shape index (κ2) is 6.02. The number of halogens is 2. The third-order valence-electron chi connectivity index (χ3n) is 2.70. The van der Waals surface area contributed by atoms with Crippen LogP contribution in [0.15, 0.2) is 21.6 Å². The maximum Gasteiger partial charge on any atom is 0.0602 e. The van der Waals surface area contributed by atoms with Gasteiger partial charge in [-0.3, -0.25) is 0 Å². The van der Waals surface area contributed by atoms with E-state index in [0.29, 0.717) is 0 Å². The van der Waals surface area contributed by atoms with Gasteiger partial charge in [-0.25, -0.2) is 0 Å². The Morgan fingerprint density at radius 2 is 1.85 bits per heavy atom. The molecule has 0 aromatic rings. The highest BCUT2D eigenvalue weighted by molar-refractivity contribution is 9.28. The molecule has 0 saturated heterocycles. The van der Waals surface area contributed by atoms with Crippen LogP contribution in [-0.2, 0) is 0 Å². The quantitative estimate of drug-likeness (QED) is 0.633. The van der Waals surface area contributed by atoms with Crippen molar-refractivity contribution in [1.82, 2.24) is 0 Å². The lowest BCUT2D eigenvalue weighted by Crippen LogP contribution is -2.09. The Morgan fingerprint density at radius 3 is 2.31 bits per heavy atom. The minimum Gasteiger partial charge on any atom is -0.103 e. The molecule has 1 aliphatic carbocycles. The number of hydrogen-bond donors (Lipinski definition) is 0. The van der Waals surface area contributed by atoms with Crippen LogP contribution in [0.2, 0.25) is 0 Å². The Labute approximate surface area is 97.7 Å². The fourth-order valence-electron chi connectivity index (χ4n) is 2.00. The van der Waals surface area contributed by atoms with E-state index in [1.807, 2.05) is 6.08 Å². The summed E-state index contributed by atoms with van der Waals surface area (Å²) in [6, 6.07) is 0.